The molecule has 2 nitrogen and oxygen atoms in total. The summed E-state index contributed by atoms with van der Waals surface area (Å²) in [4.78, 5) is 4.41. The molecule has 0 aliphatic carbocycles. The van der Waals surface area contributed by atoms with Crippen molar-refractivity contribution in [1.29, 1.82) is 0 Å². The average molecular weight is 202 g/mol. The Balaban J connectivity index is 0.000000252. The Kier molecular flexibility index (Phi) is 8.22. The van der Waals surface area contributed by atoms with Gasteiger partial charge in [-0.15, -0.1) is 8.58 Å². The molecule has 1 heterocycles. The maximum atomic E-state index is 2.25. The van der Waals surface area contributed by atoms with E-state index in [1.807, 2.05) is 0 Å². The highest BCUT2D eigenvalue weighted by Crippen LogP contribution is 2.04. The zero-order valence-corrected chi connectivity index (χ0v) is 10.4. The lowest BCUT2D eigenvalue weighted by Gasteiger charge is -2.14. The van der Waals surface area contributed by atoms with Gasteiger partial charge in [0.2, 0.25) is 0 Å². The van der Waals surface area contributed by atoms with Crippen LogP contribution in [-0.2, 0) is 0 Å². The van der Waals surface area contributed by atoms with Gasteiger partial charge in [-0.25, -0.2) is 0 Å². The summed E-state index contributed by atoms with van der Waals surface area (Å²) in [6.45, 7) is 8.77. The predicted octanol–water partition coefficient (Wildman–Crippen LogP) is 2.39. The van der Waals surface area contributed by atoms with Gasteiger partial charge >= 0.3 is 0 Å². The van der Waals surface area contributed by atoms with Gasteiger partial charge in [0, 0.05) is 26.0 Å². The first-order valence-corrected chi connectivity index (χ1v) is 6.49. The van der Waals surface area contributed by atoms with E-state index in [-0.39, 0.29) is 0 Å². The summed E-state index contributed by atoms with van der Waals surface area (Å²) in [7, 11) is 3.27. The molecule has 13 heavy (non-hydrogen) atoms. The normalized spacial score (nSPS) is 14.5. The molecule has 0 aromatic rings. The van der Waals surface area contributed by atoms with Crippen LogP contribution in [0, 0.1) is 0 Å². The van der Waals surface area contributed by atoms with Crippen molar-refractivity contribution in [2.45, 2.75) is 20.8 Å². The highest BCUT2D eigenvalue weighted by Gasteiger charge is 2.03. The monoisotopic (exact) mass is 202 g/mol. The molecule has 3 heteroatoms. The largest absolute Gasteiger partial charge is 0.362 e. The highest BCUT2D eigenvalue weighted by atomic mass is 31.1. The van der Waals surface area contributed by atoms with Crippen LogP contribution < -0.4 is 0 Å². The fourth-order valence-corrected chi connectivity index (χ4v) is 1.54. The van der Waals surface area contributed by atoms with E-state index >= 15 is 0 Å². The summed E-state index contributed by atoms with van der Waals surface area (Å²) in [5.74, 6) is 0. The number of hydrogen-bond acceptors (Lipinski definition) is 2. The van der Waals surface area contributed by atoms with Gasteiger partial charge in [0.1, 0.15) is 0 Å². The van der Waals surface area contributed by atoms with Gasteiger partial charge in [-0.05, 0) is 19.2 Å². The average Bonchev–Trinajstić information content (AvgIpc) is 2.54. The zero-order chi connectivity index (χ0) is 10.1. The molecule has 0 saturated carbocycles. The van der Waals surface area contributed by atoms with Crippen LogP contribution in [0.5, 0.6) is 0 Å². The molecular formula is C10H23N2P. The van der Waals surface area contributed by atoms with Gasteiger partial charge in [0.05, 0.1) is 6.67 Å². The molecular weight excluding hydrogens is 179 g/mol. The van der Waals surface area contributed by atoms with Crippen LogP contribution in [0.2, 0.25) is 0 Å². The smallest absolute Gasteiger partial charge is 0.0890 e. The van der Waals surface area contributed by atoms with Crippen molar-refractivity contribution < 1.29 is 0 Å². The maximum absolute atomic E-state index is 2.25. The lowest BCUT2D eigenvalue weighted by molar-refractivity contribution is 0.308. The Morgan fingerprint density at radius 1 is 1.15 bits per heavy atom. The van der Waals surface area contributed by atoms with Crippen molar-refractivity contribution in [3.05, 3.63) is 12.4 Å². The fraction of sp³-hybridized carbons (Fsp3) is 0.800. The third-order valence-electron chi connectivity index (χ3n) is 1.84. The second-order valence-electron chi connectivity index (χ2n) is 3.06. The van der Waals surface area contributed by atoms with Gasteiger partial charge in [0.25, 0.3) is 0 Å². The predicted molar refractivity (Wildman–Crippen MR) is 63.5 cm³/mol. The fourth-order valence-electron chi connectivity index (χ4n) is 1.04. The van der Waals surface area contributed by atoms with Crippen LogP contribution in [0.4, 0.5) is 0 Å². The van der Waals surface area contributed by atoms with Crippen molar-refractivity contribution >= 4 is 8.58 Å². The minimum Gasteiger partial charge on any atom is -0.362 e. The Bertz CT molecular complexity index is 135. The molecule has 0 radical (unpaired) electrons. The lowest BCUT2D eigenvalue weighted by Crippen LogP contribution is -2.21. The molecule has 0 bridgehead atoms. The topological polar surface area (TPSA) is 6.48 Å². The minimum atomic E-state index is 1.05. The zero-order valence-electron chi connectivity index (χ0n) is 9.38. The van der Waals surface area contributed by atoms with Crippen LogP contribution in [-0.4, -0.2) is 42.4 Å². The van der Waals surface area contributed by atoms with E-state index in [9.17, 15) is 0 Å². The Morgan fingerprint density at radius 3 is 1.92 bits per heavy atom. The lowest BCUT2D eigenvalue weighted by atomic mass is 10.6. The number of hydrogen-bond donors (Lipinski definition) is 0. The van der Waals surface area contributed by atoms with Crippen molar-refractivity contribution in [3.8, 4) is 0 Å². The molecule has 0 fully saturated rings. The Morgan fingerprint density at radius 2 is 1.77 bits per heavy atom. The Hall–Kier alpha value is -0.230. The van der Waals surface area contributed by atoms with Crippen molar-refractivity contribution in [1.82, 2.24) is 9.80 Å². The number of nitrogens with zero attached hydrogens (tertiary/aromatic N) is 2. The summed E-state index contributed by atoms with van der Waals surface area (Å²) in [5, 5.41) is 0. The third-order valence-corrected chi connectivity index (χ3v) is 2.84. The van der Waals surface area contributed by atoms with E-state index in [4.69, 9.17) is 0 Å². The quantitative estimate of drug-likeness (QED) is 0.648. The highest BCUT2D eigenvalue weighted by molar-refractivity contribution is 7.37. The van der Waals surface area contributed by atoms with Crippen LogP contribution in [0.15, 0.2) is 12.4 Å². The molecule has 0 amide bonds. The first-order chi connectivity index (χ1) is 6.24. The molecule has 1 aliphatic heterocycles. The summed E-state index contributed by atoms with van der Waals surface area (Å²) in [6.07, 6.45) is 6.94. The van der Waals surface area contributed by atoms with Gasteiger partial charge in [-0.2, -0.15) is 0 Å². The van der Waals surface area contributed by atoms with Crippen LogP contribution in [0.3, 0.4) is 0 Å². The van der Waals surface area contributed by atoms with E-state index in [0.29, 0.717) is 0 Å². The Labute approximate surface area is 84.8 Å². The third kappa shape index (κ3) is 6.89. The van der Waals surface area contributed by atoms with Gasteiger partial charge < -0.3 is 9.80 Å². The molecule has 0 unspecified atom stereocenters. The number of rotatable bonds is 3. The SMILES string of the molecule is CCN1C=CN(C)C1.CCPCC. The van der Waals surface area contributed by atoms with Gasteiger partial charge in [-0.1, -0.05) is 13.8 Å². The molecule has 1 rings (SSSR count). The first kappa shape index (κ1) is 12.8. The van der Waals surface area contributed by atoms with Crippen molar-refractivity contribution in [2.24, 2.45) is 0 Å². The summed E-state index contributed by atoms with van der Waals surface area (Å²) in [5.41, 5.74) is 0. The van der Waals surface area contributed by atoms with Crippen LogP contribution in [0.25, 0.3) is 0 Å². The summed E-state index contributed by atoms with van der Waals surface area (Å²) in [6, 6.07) is 0. The minimum absolute atomic E-state index is 1.05. The van der Waals surface area contributed by atoms with E-state index in [1.165, 1.54) is 20.9 Å². The van der Waals surface area contributed by atoms with E-state index in [1.54, 1.807) is 0 Å². The summed E-state index contributed by atoms with van der Waals surface area (Å²) >= 11 is 0. The van der Waals surface area contributed by atoms with Crippen LogP contribution >= 0.6 is 8.58 Å². The molecule has 0 atom stereocenters. The molecule has 0 N–H and O–H groups in total. The summed E-state index contributed by atoms with van der Waals surface area (Å²) < 4.78 is 0. The standard InChI is InChI=1S/C6H12N2.C4H11P/c1-3-8-5-4-7(2)6-8;1-3-5-4-2/h4-5H,3,6H2,1-2H3;5H,3-4H2,1-2H3. The van der Waals surface area contributed by atoms with Crippen molar-refractivity contribution in [2.75, 3.05) is 32.6 Å². The second kappa shape index (κ2) is 8.37. The van der Waals surface area contributed by atoms with Gasteiger partial charge in [0.15, 0.2) is 0 Å². The molecule has 1 aliphatic rings. The first-order valence-electron chi connectivity index (χ1n) is 5.07. The molecule has 0 aromatic carbocycles. The van der Waals surface area contributed by atoms with Gasteiger partial charge in [-0.3, -0.25) is 0 Å². The van der Waals surface area contributed by atoms with E-state index in [0.717, 1.165) is 13.2 Å². The van der Waals surface area contributed by atoms with Crippen LogP contribution in [0.1, 0.15) is 20.8 Å². The molecule has 78 valence electrons. The molecule has 0 aromatic heterocycles. The molecule has 0 saturated heterocycles. The molecule has 0 spiro atoms. The maximum Gasteiger partial charge on any atom is 0.0890 e. The van der Waals surface area contributed by atoms with Crippen molar-refractivity contribution in [3.63, 3.8) is 0 Å². The second-order valence-corrected chi connectivity index (χ2v) is 4.97. The van der Waals surface area contributed by atoms with E-state index in [2.05, 4.69) is 50.0 Å². The van der Waals surface area contributed by atoms with E-state index < -0.39 is 0 Å².